The van der Waals surface area contributed by atoms with E-state index in [0.717, 1.165) is 0 Å². The van der Waals surface area contributed by atoms with Gasteiger partial charge in [0.15, 0.2) is 0 Å². The molecule has 1 amide bonds. The monoisotopic (exact) mass is 495 g/mol. The fourth-order valence-electron chi connectivity index (χ4n) is 1.43. The molecule has 0 aliphatic carbocycles. The molecule has 0 aliphatic heterocycles. The van der Waals surface area contributed by atoms with Crippen molar-refractivity contribution in [3.63, 3.8) is 0 Å². The zero-order chi connectivity index (χ0) is 18.8. The van der Waals surface area contributed by atoms with Gasteiger partial charge < -0.3 is 33.2 Å². The number of alkyl carbamates (subject to hydrolysis) is 1. The summed E-state index contributed by atoms with van der Waals surface area (Å²) in [4.78, 5) is 11.4. The van der Waals surface area contributed by atoms with Gasteiger partial charge >= 0.3 is 6.09 Å². The Labute approximate surface area is 166 Å². The maximum atomic E-state index is 11.4. The number of carbonyl (C=O) groups is 1. The molecule has 0 unspecified atom stereocenters. The molecule has 25 heavy (non-hydrogen) atoms. The summed E-state index contributed by atoms with van der Waals surface area (Å²) in [7, 11) is 1.30. The van der Waals surface area contributed by atoms with Crippen LogP contribution in [-0.2, 0) is 27.9 Å². The number of hydrogen-bond donors (Lipinski definition) is 1. The van der Waals surface area contributed by atoms with E-state index >= 15 is 0 Å². The van der Waals surface area contributed by atoms with Crippen molar-refractivity contribution in [3.05, 3.63) is 0 Å². The van der Waals surface area contributed by atoms with Crippen LogP contribution in [0.4, 0.5) is 4.79 Å². The third-order valence-corrected chi connectivity index (χ3v) is 3.40. The smallest absolute Gasteiger partial charge is 0.407 e. The molecule has 0 heterocycles. The molecule has 0 saturated carbocycles. The molecule has 0 bridgehead atoms. The summed E-state index contributed by atoms with van der Waals surface area (Å²) in [6.45, 7) is 10.5. The molecule has 0 radical (unpaired) electrons. The molecule has 10 heteroatoms. The van der Waals surface area contributed by atoms with Gasteiger partial charge in [-0.05, 0) is 20.8 Å². The fourth-order valence-corrected chi connectivity index (χ4v) is 2.10. The van der Waals surface area contributed by atoms with Gasteiger partial charge in [0.2, 0.25) is 0 Å². The molecule has 0 aliphatic rings. The summed E-state index contributed by atoms with van der Waals surface area (Å²) in [6.07, 6.45) is -0.440. The quantitative estimate of drug-likeness (QED) is 0.199. The van der Waals surface area contributed by atoms with Gasteiger partial charge in [-0.25, -0.2) is 4.79 Å². The molecular formula is C15H30INO7S. The molecule has 150 valence electrons. The van der Waals surface area contributed by atoms with Crippen LogP contribution in [0, 0.1) is 0 Å². The van der Waals surface area contributed by atoms with Crippen molar-refractivity contribution in [1.82, 2.24) is 5.32 Å². The molecule has 0 aromatic rings. The van der Waals surface area contributed by atoms with Crippen LogP contribution in [0.25, 0.3) is 0 Å². The highest BCUT2D eigenvalue weighted by Crippen LogP contribution is 2.11. The van der Waals surface area contributed by atoms with Gasteiger partial charge in [-0.3, -0.25) is 0 Å². The molecule has 0 spiro atoms. The van der Waals surface area contributed by atoms with Crippen molar-refractivity contribution in [1.29, 1.82) is 0 Å². The van der Waals surface area contributed by atoms with Crippen molar-refractivity contribution in [2.24, 2.45) is 0 Å². The average Bonchev–Trinajstić information content (AvgIpc) is 2.53. The topological polar surface area (TPSA) is 84.5 Å². The number of halogens is 1. The lowest BCUT2D eigenvalue weighted by Gasteiger charge is -2.19. The second kappa shape index (κ2) is 17.6. The maximum absolute atomic E-state index is 11.4. The Morgan fingerprint density at radius 3 is 1.72 bits per heavy atom. The summed E-state index contributed by atoms with van der Waals surface area (Å²) < 4.78 is 31.5. The predicted molar refractivity (Wildman–Crippen MR) is 105 cm³/mol. The SMILES string of the molecule is CC(C)(C)OC(=O)NCCOCCOCCOCCOCCOSI. The summed E-state index contributed by atoms with van der Waals surface area (Å²) in [5.74, 6) is 0. The number of nitrogens with one attached hydrogen (secondary N) is 1. The Morgan fingerprint density at radius 1 is 0.840 bits per heavy atom. The third kappa shape index (κ3) is 22.1. The highest BCUT2D eigenvalue weighted by Gasteiger charge is 2.15. The van der Waals surface area contributed by atoms with Gasteiger partial charge in [0, 0.05) is 27.8 Å². The predicted octanol–water partition coefficient (Wildman–Crippen LogP) is 2.59. The summed E-state index contributed by atoms with van der Waals surface area (Å²) in [6, 6.07) is 0. The lowest BCUT2D eigenvalue weighted by molar-refractivity contribution is -0.00395. The second-order valence-electron chi connectivity index (χ2n) is 5.76. The van der Waals surface area contributed by atoms with Crippen LogP contribution in [0.5, 0.6) is 0 Å². The van der Waals surface area contributed by atoms with E-state index in [1.165, 1.54) is 9.21 Å². The summed E-state index contributed by atoms with van der Waals surface area (Å²) in [5, 5.41) is 2.62. The Morgan fingerprint density at radius 2 is 1.28 bits per heavy atom. The molecule has 0 rings (SSSR count). The highest BCUT2D eigenvalue weighted by atomic mass is 127. The largest absolute Gasteiger partial charge is 0.444 e. The van der Waals surface area contributed by atoms with E-state index < -0.39 is 11.7 Å². The molecule has 0 saturated heterocycles. The van der Waals surface area contributed by atoms with Crippen LogP contribution in [0.15, 0.2) is 0 Å². The van der Waals surface area contributed by atoms with Gasteiger partial charge in [0.05, 0.1) is 68.7 Å². The Balaban J connectivity index is 3.13. The minimum Gasteiger partial charge on any atom is -0.444 e. The fraction of sp³-hybridized carbons (Fsp3) is 0.933. The number of hydrogen-bond acceptors (Lipinski definition) is 8. The first kappa shape index (κ1) is 25.1. The zero-order valence-corrected chi connectivity index (χ0v) is 18.2. The van der Waals surface area contributed by atoms with Crippen molar-refractivity contribution < 1.29 is 32.7 Å². The second-order valence-corrected chi connectivity index (χ2v) is 7.20. The zero-order valence-electron chi connectivity index (χ0n) is 15.2. The van der Waals surface area contributed by atoms with E-state index in [1.807, 2.05) is 20.8 Å². The first-order valence-electron chi connectivity index (χ1n) is 8.13. The normalized spacial score (nSPS) is 11.5. The van der Waals surface area contributed by atoms with E-state index in [2.05, 4.69) is 26.5 Å². The first-order valence-corrected chi connectivity index (χ1v) is 11.4. The molecule has 0 aromatic carbocycles. The maximum Gasteiger partial charge on any atom is 0.407 e. The molecule has 0 aromatic heterocycles. The standard InChI is InChI=1S/C15H30INO7S/c1-15(2,3)24-14(18)17-4-5-19-6-7-20-8-9-21-10-11-22-12-13-23-25-16/h4-13H2,1-3H3,(H,17,18). The number of rotatable bonds is 16. The Hall–Kier alpha value is 0.150. The van der Waals surface area contributed by atoms with Crippen molar-refractivity contribution in [2.75, 3.05) is 66.0 Å². The van der Waals surface area contributed by atoms with Gasteiger partial charge in [-0.1, -0.05) is 0 Å². The van der Waals surface area contributed by atoms with Crippen LogP contribution in [0.1, 0.15) is 20.8 Å². The molecular weight excluding hydrogens is 465 g/mol. The van der Waals surface area contributed by atoms with E-state index in [4.69, 9.17) is 27.9 Å². The van der Waals surface area contributed by atoms with Crippen LogP contribution in [-0.4, -0.2) is 77.7 Å². The molecule has 1 N–H and O–H groups in total. The summed E-state index contributed by atoms with van der Waals surface area (Å²) >= 11 is 2.06. The van der Waals surface area contributed by atoms with Crippen LogP contribution in [0.3, 0.4) is 0 Å². The van der Waals surface area contributed by atoms with Crippen LogP contribution < -0.4 is 5.32 Å². The van der Waals surface area contributed by atoms with Gasteiger partial charge in [-0.2, -0.15) is 0 Å². The van der Waals surface area contributed by atoms with Crippen molar-refractivity contribution in [3.8, 4) is 0 Å². The van der Waals surface area contributed by atoms with Gasteiger partial charge in [0.25, 0.3) is 0 Å². The Kier molecular flexibility index (Phi) is 17.7. The van der Waals surface area contributed by atoms with E-state index in [1.54, 1.807) is 0 Å². The average molecular weight is 495 g/mol. The van der Waals surface area contributed by atoms with Crippen molar-refractivity contribution in [2.45, 2.75) is 26.4 Å². The summed E-state index contributed by atoms with van der Waals surface area (Å²) in [5.41, 5.74) is -0.491. The van der Waals surface area contributed by atoms with Gasteiger partial charge in [0.1, 0.15) is 5.60 Å². The van der Waals surface area contributed by atoms with Crippen LogP contribution in [0.2, 0.25) is 0 Å². The van der Waals surface area contributed by atoms with E-state index in [-0.39, 0.29) is 0 Å². The lowest BCUT2D eigenvalue weighted by atomic mass is 10.2. The van der Waals surface area contributed by atoms with E-state index in [0.29, 0.717) is 66.0 Å². The lowest BCUT2D eigenvalue weighted by Crippen LogP contribution is -2.34. The molecule has 0 fully saturated rings. The van der Waals surface area contributed by atoms with Crippen LogP contribution >= 0.6 is 30.4 Å². The van der Waals surface area contributed by atoms with Gasteiger partial charge in [-0.15, -0.1) is 0 Å². The third-order valence-electron chi connectivity index (χ3n) is 2.39. The van der Waals surface area contributed by atoms with E-state index in [9.17, 15) is 4.79 Å². The first-order chi connectivity index (χ1) is 12.0. The minimum absolute atomic E-state index is 0.402. The van der Waals surface area contributed by atoms with Crippen molar-refractivity contribution >= 4 is 36.5 Å². The number of amides is 1. The number of carbonyl (C=O) groups excluding carboxylic acids is 1. The highest BCUT2D eigenvalue weighted by molar-refractivity contribution is 14.2. The molecule has 0 atom stereocenters. The number of ether oxygens (including phenoxy) is 5. The Bertz CT molecular complexity index is 319. The molecule has 8 nitrogen and oxygen atoms in total. The minimum atomic E-state index is -0.491.